The van der Waals surface area contributed by atoms with Crippen LogP contribution in [0.4, 0.5) is 0 Å². The van der Waals surface area contributed by atoms with Crippen LogP contribution in [-0.4, -0.2) is 10.9 Å². The van der Waals surface area contributed by atoms with Crippen molar-refractivity contribution >= 4 is 22.7 Å². The van der Waals surface area contributed by atoms with Crippen molar-refractivity contribution in [3.8, 4) is 0 Å². The number of para-hydroxylation sites is 1. The van der Waals surface area contributed by atoms with Crippen molar-refractivity contribution in [2.24, 2.45) is 0 Å². The second kappa shape index (κ2) is 3.66. The van der Waals surface area contributed by atoms with Crippen molar-refractivity contribution in [3.63, 3.8) is 0 Å². The zero-order valence-electron chi connectivity index (χ0n) is 7.06. The molecule has 0 aliphatic carbocycles. The summed E-state index contributed by atoms with van der Waals surface area (Å²) in [5.41, 5.74) is 0.842. The molecule has 0 radical (unpaired) electrons. The van der Waals surface area contributed by atoms with Gasteiger partial charge in [-0.25, -0.2) is 0 Å². The molecule has 13 heavy (non-hydrogen) atoms. The van der Waals surface area contributed by atoms with Crippen LogP contribution in [0.1, 0.15) is 0 Å². The summed E-state index contributed by atoms with van der Waals surface area (Å²) in [7, 11) is 0. The van der Waals surface area contributed by atoms with Crippen molar-refractivity contribution < 1.29 is 4.52 Å². The van der Waals surface area contributed by atoms with E-state index in [0.29, 0.717) is 0 Å². The third-order valence-electron chi connectivity index (χ3n) is 1.68. The zero-order valence-corrected chi connectivity index (χ0v) is 7.88. The molecule has 0 bridgehead atoms. The smallest absolute Gasteiger partial charge is 0.168 e. The molecule has 3 heteroatoms. The second-order valence-corrected chi connectivity index (χ2v) is 3.59. The van der Waals surface area contributed by atoms with E-state index in [1.807, 2.05) is 30.3 Å². The summed E-state index contributed by atoms with van der Waals surface area (Å²) in [5, 5.41) is 5.99. The molecule has 66 valence electrons. The lowest BCUT2D eigenvalue weighted by Gasteiger charge is -1.90. The van der Waals surface area contributed by atoms with E-state index >= 15 is 0 Å². The van der Waals surface area contributed by atoms with Crippen LogP contribution >= 0.6 is 11.8 Å². The van der Waals surface area contributed by atoms with Crippen LogP contribution in [0.15, 0.2) is 46.5 Å². The third-order valence-corrected chi connectivity index (χ3v) is 2.65. The van der Waals surface area contributed by atoms with Crippen LogP contribution in [0.3, 0.4) is 0 Å². The Kier molecular flexibility index (Phi) is 2.36. The number of rotatable bonds is 3. The summed E-state index contributed by atoms with van der Waals surface area (Å²) in [4.78, 5) is 0. The number of hydrogen-bond acceptors (Lipinski definition) is 3. The van der Waals surface area contributed by atoms with Crippen molar-refractivity contribution in [1.29, 1.82) is 0 Å². The maximum atomic E-state index is 5.14. The highest BCUT2D eigenvalue weighted by molar-refractivity contribution is 7.99. The molecule has 0 amide bonds. The summed E-state index contributed by atoms with van der Waals surface area (Å²) in [6, 6.07) is 7.85. The third kappa shape index (κ3) is 1.60. The van der Waals surface area contributed by atoms with E-state index in [0.717, 1.165) is 21.7 Å². The largest absolute Gasteiger partial charge is 0.355 e. The molecule has 2 rings (SSSR count). The van der Waals surface area contributed by atoms with Gasteiger partial charge in [0.1, 0.15) is 5.03 Å². The van der Waals surface area contributed by atoms with Crippen molar-refractivity contribution in [1.82, 2.24) is 5.16 Å². The molecular formula is C10H9NOS. The number of fused-ring (bicyclic) bond motifs is 1. The predicted molar refractivity (Wildman–Crippen MR) is 54.9 cm³/mol. The van der Waals surface area contributed by atoms with E-state index in [9.17, 15) is 0 Å². The van der Waals surface area contributed by atoms with Crippen LogP contribution in [0.5, 0.6) is 0 Å². The summed E-state index contributed by atoms with van der Waals surface area (Å²) in [6.07, 6.45) is 1.86. The Balaban J connectivity index is 2.40. The molecule has 0 N–H and O–H groups in total. The van der Waals surface area contributed by atoms with Crippen LogP contribution in [-0.2, 0) is 0 Å². The molecular weight excluding hydrogens is 182 g/mol. The normalized spacial score (nSPS) is 10.5. The Labute approximate surface area is 80.6 Å². The fourth-order valence-electron chi connectivity index (χ4n) is 1.10. The highest BCUT2D eigenvalue weighted by Gasteiger charge is 2.05. The van der Waals surface area contributed by atoms with Gasteiger partial charge in [-0.2, -0.15) is 0 Å². The fraction of sp³-hybridized carbons (Fsp3) is 0.100. The van der Waals surface area contributed by atoms with Gasteiger partial charge in [-0.1, -0.05) is 35.1 Å². The lowest BCUT2D eigenvalue weighted by atomic mass is 10.3. The van der Waals surface area contributed by atoms with E-state index in [4.69, 9.17) is 4.52 Å². The summed E-state index contributed by atoms with van der Waals surface area (Å²) in [5.74, 6) is 0.858. The Morgan fingerprint density at radius 1 is 1.46 bits per heavy atom. The maximum absolute atomic E-state index is 5.14. The first-order valence-electron chi connectivity index (χ1n) is 4.00. The van der Waals surface area contributed by atoms with Gasteiger partial charge in [-0.15, -0.1) is 6.58 Å². The van der Waals surface area contributed by atoms with E-state index in [1.54, 1.807) is 11.8 Å². The van der Waals surface area contributed by atoms with E-state index < -0.39 is 0 Å². The Morgan fingerprint density at radius 2 is 2.31 bits per heavy atom. The second-order valence-electron chi connectivity index (χ2n) is 2.58. The molecule has 0 saturated carbocycles. The molecule has 0 atom stereocenters. The number of aromatic nitrogens is 1. The average Bonchev–Trinajstić information content (AvgIpc) is 2.58. The number of benzene rings is 1. The predicted octanol–water partition coefficient (Wildman–Crippen LogP) is 3.11. The zero-order chi connectivity index (χ0) is 9.10. The first kappa shape index (κ1) is 8.38. The SMILES string of the molecule is C=CCSc1noc2ccccc12. The number of nitrogens with zero attached hydrogens (tertiary/aromatic N) is 1. The van der Waals surface area contributed by atoms with Gasteiger partial charge in [0.25, 0.3) is 0 Å². The lowest BCUT2D eigenvalue weighted by Crippen LogP contribution is -1.72. The molecule has 2 nitrogen and oxygen atoms in total. The van der Waals surface area contributed by atoms with Crippen molar-refractivity contribution in [3.05, 3.63) is 36.9 Å². The van der Waals surface area contributed by atoms with Crippen LogP contribution in [0.25, 0.3) is 11.0 Å². The monoisotopic (exact) mass is 191 g/mol. The van der Waals surface area contributed by atoms with Gasteiger partial charge >= 0.3 is 0 Å². The van der Waals surface area contributed by atoms with Gasteiger partial charge in [-0.3, -0.25) is 0 Å². The lowest BCUT2D eigenvalue weighted by molar-refractivity contribution is 0.437. The molecule has 1 heterocycles. The first-order chi connectivity index (χ1) is 6.42. The molecule has 0 aliphatic heterocycles. The van der Waals surface area contributed by atoms with E-state index in [2.05, 4.69) is 11.7 Å². The highest BCUT2D eigenvalue weighted by Crippen LogP contribution is 2.26. The molecule has 0 unspecified atom stereocenters. The van der Waals surface area contributed by atoms with Crippen molar-refractivity contribution in [2.75, 3.05) is 5.75 Å². The fourth-order valence-corrected chi connectivity index (χ4v) is 1.79. The van der Waals surface area contributed by atoms with Gasteiger partial charge in [-0.05, 0) is 12.1 Å². The molecule has 2 aromatic rings. The number of thioether (sulfide) groups is 1. The highest BCUT2D eigenvalue weighted by atomic mass is 32.2. The van der Waals surface area contributed by atoms with Crippen LogP contribution in [0, 0.1) is 0 Å². The van der Waals surface area contributed by atoms with E-state index in [1.165, 1.54) is 0 Å². The van der Waals surface area contributed by atoms with Crippen molar-refractivity contribution in [2.45, 2.75) is 5.03 Å². The van der Waals surface area contributed by atoms with Gasteiger partial charge in [0.05, 0.1) is 5.39 Å². The van der Waals surface area contributed by atoms with Gasteiger partial charge in [0.15, 0.2) is 5.58 Å². The van der Waals surface area contributed by atoms with Crippen LogP contribution < -0.4 is 0 Å². The topological polar surface area (TPSA) is 26.0 Å². The Bertz CT molecular complexity index is 422. The molecule has 1 aromatic carbocycles. The first-order valence-corrected chi connectivity index (χ1v) is 4.98. The van der Waals surface area contributed by atoms with Gasteiger partial charge < -0.3 is 4.52 Å². The molecule has 1 aromatic heterocycles. The minimum absolute atomic E-state index is 0.842. The summed E-state index contributed by atoms with van der Waals surface area (Å²) < 4.78 is 5.14. The Morgan fingerprint density at radius 3 is 3.15 bits per heavy atom. The molecule has 0 spiro atoms. The van der Waals surface area contributed by atoms with Gasteiger partial charge in [0.2, 0.25) is 0 Å². The molecule has 0 fully saturated rings. The van der Waals surface area contributed by atoms with E-state index in [-0.39, 0.29) is 0 Å². The van der Waals surface area contributed by atoms with Crippen LogP contribution in [0.2, 0.25) is 0 Å². The number of hydrogen-bond donors (Lipinski definition) is 0. The molecule has 0 saturated heterocycles. The summed E-state index contributed by atoms with van der Waals surface area (Å²) in [6.45, 7) is 3.66. The standard InChI is InChI=1S/C10H9NOS/c1-2-7-13-10-8-5-3-4-6-9(8)12-11-10/h2-6H,1,7H2. The average molecular weight is 191 g/mol. The minimum atomic E-state index is 0.842. The Hall–Kier alpha value is -1.22. The van der Waals surface area contributed by atoms with Gasteiger partial charge in [0, 0.05) is 5.75 Å². The molecule has 0 aliphatic rings. The summed E-state index contributed by atoms with van der Waals surface area (Å²) >= 11 is 1.63. The minimum Gasteiger partial charge on any atom is -0.355 e. The quantitative estimate of drug-likeness (QED) is 0.550. The maximum Gasteiger partial charge on any atom is 0.168 e.